The van der Waals surface area contributed by atoms with Crippen molar-refractivity contribution in [2.45, 2.75) is 63.3 Å². The van der Waals surface area contributed by atoms with Crippen LogP contribution in [-0.2, 0) is 27.6 Å². The van der Waals surface area contributed by atoms with Crippen LogP contribution in [0.15, 0.2) is 41.3 Å². The predicted molar refractivity (Wildman–Crippen MR) is 134 cm³/mol. The van der Waals surface area contributed by atoms with E-state index < -0.39 is 10.0 Å². The van der Waals surface area contributed by atoms with Gasteiger partial charge in [0.15, 0.2) is 0 Å². The number of aryl methyl sites for hydroxylation is 2. The molecule has 0 unspecified atom stereocenters. The number of sulfonamides is 1. The standard InChI is InChI=1S/C26H33N3O5S/c1-3-34-26(31)29-14-12-20(13-15-29)28-35(32,33)21-16-19-9-5-7-11-23(19)24(17-21)27-25(30)22-10-6-4-8-18(22)2/h4,6,8,10,16-17,20,28H,3,5,7,9,11-15H2,1-2H3,(H,27,30). The van der Waals surface area contributed by atoms with E-state index in [1.165, 1.54) is 0 Å². The lowest BCUT2D eigenvalue weighted by Gasteiger charge is -2.31. The maximum atomic E-state index is 13.3. The number of carbonyl (C=O) groups excluding carboxylic acids is 2. The number of nitrogens with zero attached hydrogens (tertiary/aromatic N) is 1. The smallest absolute Gasteiger partial charge is 0.409 e. The largest absolute Gasteiger partial charge is 0.450 e. The summed E-state index contributed by atoms with van der Waals surface area (Å²) in [6, 6.07) is 10.4. The second kappa shape index (κ2) is 10.8. The molecule has 1 aliphatic carbocycles. The van der Waals surface area contributed by atoms with Crippen LogP contribution in [0.25, 0.3) is 0 Å². The third-order valence-electron chi connectivity index (χ3n) is 6.73. The Bertz CT molecular complexity index is 1200. The van der Waals surface area contributed by atoms with E-state index >= 15 is 0 Å². The fraction of sp³-hybridized carbons (Fsp3) is 0.462. The summed E-state index contributed by atoms with van der Waals surface area (Å²) in [5, 5.41) is 2.98. The Balaban J connectivity index is 1.54. The highest BCUT2D eigenvalue weighted by molar-refractivity contribution is 7.89. The lowest BCUT2D eigenvalue weighted by atomic mass is 9.90. The van der Waals surface area contributed by atoms with Crippen molar-refractivity contribution < 1.29 is 22.7 Å². The molecular weight excluding hydrogens is 466 g/mol. The molecule has 1 heterocycles. The second-order valence-electron chi connectivity index (χ2n) is 9.17. The second-order valence-corrected chi connectivity index (χ2v) is 10.9. The Labute approximate surface area is 207 Å². The van der Waals surface area contributed by atoms with Gasteiger partial charge in [-0.05, 0) is 87.3 Å². The number of hydrogen-bond donors (Lipinski definition) is 2. The lowest BCUT2D eigenvalue weighted by Crippen LogP contribution is -2.46. The van der Waals surface area contributed by atoms with Crippen LogP contribution in [-0.4, -0.2) is 51.1 Å². The zero-order valence-corrected chi connectivity index (χ0v) is 21.1. The van der Waals surface area contributed by atoms with Crippen molar-refractivity contribution in [3.63, 3.8) is 0 Å². The molecule has 0 saturated carbocycles. The molecule has 0 atom stereocenters. The molecule has 2 aromatic carbocycles. The minimum Gasteiger partial charge on any atom is -0.450 e. The molecule has 0 radical (unpaired) electrons. The zero-order valence-electron chi connectivity index (χ0n) is 20.3. The number of hydrogen-bond acceptors (Lipinski definition) is 5. The minimum absolute atomic E-state index is 0.158. The van der Waals surface area contributed by atoms with Crippen molar-refractivity contribution in [1.29, 1.82) is 0 Å². The Hall–Kier alpha value is -2.91. The summed E-state index contributed by atoms with van der Waals surface area (Å²) >= 11 is 0. The molecule has 0 aromatic heterocycles. The molecule has 2 aromatic rings. The van der Waals surface area contributed by atoms with E-state index in [2.05, 4.69) is 10.0 Å². The number of nitrogens with one attached hydrogen (secondary N) is 2. The SMILES string of the molecule is CCOC(=O)N1CCC(NS(=O)(=O)c2cc3c(c(NC(=O)c4ccccc4C)c2)CCCC3)CC1. The number of piperidine rings is 1. The molecular formula is C26H33N3O5S. The van der Waals surface area contributed by atoms with Gasteiger partial charge in [0.2, 0.25) is 10.0 Å². The van der Waals surface area contributed by atoms with E-state index in [0.717, 1.165) is 42.4 Å². The quantitative estimate of drug-likeness (QED) is 0.625. The molecule has 4 rings (SSSR count). The van der Waals surface area contributed by atoms with Crippen LogP contribution < -0.4 is 10.0 Å². The van der Waals surface area contributed by atoms with E-state index in [1.54, 1.807) is 30.0 Å². The van der Waals surface area contributed by atoms with Gasteiger partial charge in [-0.25, -0.2) is 17.9 Å². The number of carbonyl (C=O) groups is 2. The van der Waals surface area contributed by atoms with Crippen molar-refractivity contribution in [2.24, 2.45) is 0 Å². The van der Waals surface area contributed by atoms with Crippen molar-refractivity contribution >= 4 is 27.7 Å². The first-order valence-corrected chi connectivity index (χ1v) is 13.7. The maximum Gasteiger partial charge on any atom is 0.409 e. The first-order chi connectivity index (χ1) is 16.8. The third-order valence-corrected chi connectivity index (χ3v) is 8.23. The van der Waals surface area contributed by atoms with E-state index in [1.807, 2.05) is 25.1 Å². The minimum atomic E-state index is -3.81. The van der Waals surface area contributed by atoms with Crippen molar-refractivity contribution in [3.05, 3.63) is 58.7 Å². The number of fused-ring (bicyclic) bond motifs is 1. The van der Waals surface area contributed by atoms with Crippen LogP contribution in [0.4, 0.5) is 10.5 Å². The highest BCUT2D eigenvalue weighted by atomic mass is 32.2. The van der Waals surface area contributed by atoms with Gasteiger partial charge in [0.1, 0.15) is 0 Å². The zero-order chi connectivity index (χ0) is 25.0. The summed E-state index contributed by atoms with van der Waals surface area (Å²) in [7, 11) is -3.81. The van der Waals surface area contributed by atoms with E-state index in [9.17, 15) is 18.0 Å². The van der Waals surface area contributed by atoms with Crippen molar-refractivity contribution in [2.75, 3.05) is 25.0 Å². The average Bonchev–Trinajstić information content (AvgIpc) is 2.84. The summed E-state index contributed by atoms with van der Waals surface area (Å²) in [4.78, 5) is 26.7. The van der Waals surface area contributed by atoms with Crippen LogP contribution in [0.5, 0.6) is 0 Å². The highest BCUT2D eigenvalue weighted by Crippen LogP contribution is 2.32. The number of likely N-dealkylation sites (tertiary alicyclic amines) is 1. The molecule has 8 nitrogen and oxygen atoms in total. The Morgan fingerprint density at radius 3 is 2.51 bits per heavy atom. The molecule has 188 valence electrons. The molecule has 2 N–H and O–H groups in total. The molecule has 35 heavy (non-hydrogen) atoms. The summed E-state index contributed by atoms with van der Waals surface area (Å²) in [6.45, 7) is 4.83. The monoisotopic (exact) mass is 499 g/mol. The topological polar surface area (TPSA) is 105 Å². The molecule has 0 bridgehead atoms. The molecule has 1 saturated heterocycles. The van der Waals surface area contributed by atoms with Gasteiger partial charge < -0.3 is 15.0 Å². The van der Waals surface area contributed by atoms with Gasteiger partial charge in [-0.15, -0.1) is 0 Å². The van der Waals surface area contributed by atoms with Gasteiger partial charge in [-0.2, -0.15) is 0 Å². The van der Waals surface area contributed by atoms with Crippen molar-refractivity contribution in [3.8, 4) is 0 Å². The van der Waals surface area contributed by atoms with Crippen LogP contribution in [0.1, 0.15) is 59.7 Å². The molecule has 2 aliphatic rings. The average molecular weight is 500 g/mol. The number of anilines is 1. The Morgan fingerprint density at radius 2 is 1.80 bits per heavy atom. The van der Waals surface area contributed by atoms with Gasteiger partial charge in [-0.1, -0.05) is 18.2 Å². The third kappa shape index (κ3) is 5.85. The molecule has 0 spiro atoms. The summed E-state index contributed by atoms with van der Waals surface area (Å²) < 4.78 is 34.5. The Kier molecular flexibility index (Phi) is 7.76. The number of benzene rings is 2. The van der Waals surface area contributed by atoms with Gasteiger partial charge in [-0.3, -0.25) is 4.79 Å². The normalized spacial score (nSPS) is 16.5. The number of amides is 2. The number of ether oxygens (including phenoxy) is 1. The van der Waals surface area contributed by atoms with Crippen LogP contribution in [0, 0.1) is 6.92 Å². The first kappa shape index (κ1) is 25.2. The molecule has 1 aliphatic heterocycles. The van der Waals surface area contributed by atoms with Gasteiger partial charge >= 0.3 is 6.09 Å². The van der Waals surface area contributed by atoms with Crippen LogP contribution in [0.2, 0.25) is 0 Å². The highest BCUT2D eigenvalue weighted by Gasteiger charge is 2.29. The maximum absolute atomic E-state index is 13.3. The fourth-order valence-electron chi connectivity index (χ4n) is 4.80. The van der Waals surface area contributed by atoms with Gasteiger partial charge in [0.05, 0.1) is 11.5 Å². The number of rotatable bonds is 6. The van der Waals surface area contributed by atoms with Gasteiger partial charge in [0, 0.05) is 30.4 Å². The van der Waals surface area contributed by atoms with Crippen molar-refractivity contribution in [1.82, 2.24) is 9.62 Å². The summed E-state index contributed by atoms with van der Waals surface area (Å²) in [5.74, 6) is -0.246. The molecule has 9 heteroatoms. The summed E-state index contributed by atoms with van der Waals surface area (Å²) in [5.41, 5.74) is 3.97. The van der Waals surface area contributed by atoms with Crippen LogP contribution in [0.3, 0.4) is 0 Å². The van der Waals surface area contributed by atoms with Gasteiger partial charge in [0.25, 0.3) is 5.91 Å². The summed E-state index contributed by atoms with van der Waals surface area (Å²) in [6.07, 6.45) is 4.24. The Morgan fingerprint density at radius 1 is 1.09 bits per heavy atom. The van der Waals surface area contributed by atoms with Crippen LogP contribution >= 0.6 is 0 Å². The van der Waals surface area contributed by atoms with E-state index in [0.29, 0.717) is 43.8 Å². The first-order valence-electron chi connectivity index (χ1n) is 12.3. The van der Waals surface area contributed by atoms with E-state index in [4.69, 9.17) is 4.74 Å². The fourth-order valence-corrected chi connectivity index (χ4v) is 6.19. The molecule has 2 amide bonds. The molecule has 1 fully saturated rings. The lowest BCUT2D eigenvalue weighted by molar-refractivity contribution is 0.0964. The predicted octanol–water partition coefficient (Wildman–Crippen LogP) is 4.03. The van der Waals surface area contributed by atoms with E-state index in [-0.39, 0.29) is 22.9 Å².